The molecule has 1 aliphatic heterocycles. The van der Waals surface area contributed by atoms with Crippen molar-refractivity contribution >= 4 is 11.6 Å². The van der Waals surface area contributed by atoms with Gasteiger partial charge in [-0.3, -0.25) is 4.79 Å². The summed E-state index contributed by atoms with van der Waals surface area (Å²) in [7, 11) is 1.65. The van der Waals surface area contributed by atoms with Gasteiger partial charge in [0.25, 0.3) is 5.91 Å². The van der Waals surface area contributed by atoms with E-state index >= 15 is 0 Å². The van der Waals surface area contributed by atoms with Gasteiger partial charge in [0.2, 0.25) is 0 Å². The third kappa shape index (κ3) is 2.74. The van der Waals surface area contributed by atoms with Crippen molar-refractivity contribution in [1.29, 1.82) is 0 Å². The van der Waals surface area contributed by atoms with Crippen LogP contribution in [0.4, 0.5) is 5.69 Å². The third-order valence-corrected chi connectivity index (χ3v) is 4.00. The average Bonchev–Trinajstić information content (AvgIpc) is 3.04. The lowest BCUT2D eigenvalue weighted by Gasteiger charge is -2.25. The molecule has 1 aromatic heterocycles. The number of amides is 1. The molecule has 0 bridgehead atoms. The van der Waals surface area contributed by atoms with E-state index in [-0.39, 0.29) is 11.9 Å². The van der Waals surface area contributed by atoms with E-state index in [2.05, 4.69) is 4.98 Å². The van der Waals surface area contributed by atoms with Crippen molar-refractivity contribution in [2.45, 2.75) is 18.9 Å². The van der Waals surface area contributed by atoms with Crippen molar-refractivity contribution in [3.05, 3.63) is 53.9 Å². The molecule has 1 aliphatic rings. The van der Waals surface area contributed by atoms with E-state index in [4.69, 9.17) is 10.5 Å². The number of hydrogen-bond donors (Lipinski definition) is 1. The topological polar surface area (TPSA) is 68.5 Å². The fraction of sp³-hybridized carbons (Fsp3) is 0.294. The minimum Gasteiger partial charge on any atom is -0.497 e. The van der Waals surface area contributed by atoms with Gasteiger partial charge in [-0.2, -0.15) is 0 Å². The molecular formula is C17H19N3O2. The van der Waals surface area contributed by atoms with Crippen LogP contribution in [0, 0.1) is 0 Å². The second-order valence-corrected chi connectivity index (χ2v) is 5.41. The maximum Gasteiger partial charge on any atom is 0.272 e. The summed E-state index contributed by atoms with van der Waals surface area (Å²) in [4.78, 5) is 18.7. The Balaban J connectivity index is 1.86. The Morgan fingerprint density at radius 2 is 2.23 bits per heavy atom. The van der Waals surface area contributed by atoms with Gasteiger partial charge in [0.1, 0.15) is 11.4 Å². The van der Waals surface area contributed by atoms with Gasteiger partial charge in [-0.05, 0) is 42.7 Å². The molecule has 0 saturated carbocycles. The second-order valence-electron chi connectivity index (χ2n) is 5.41. The molecule has 2 N–H and O–H groups in total. The Morgan fingerprint density at radius 3 is 2.95 bits per heavy atom. The highest BCUT2D eigenvalue weighted by atomic mass is 16.5. The predicted molar refractivity (Wildman–Crippen MR) is 84.7 cm³/mol. The molecule has 3 rings (SSSR count). The zero-order valence-electron chi connectivity index (χ0n) is 12.5. The first kappa shape index (κ1) is 14.4. The normalized spacial score (nSPS) is 17.5. The van der Waals surface area contributed by atoms with Crippen LogP contribution in [0.5, 0.6) is 5.75 Å². The Labute approximate surface area is 129 Å². The molecule has 2 aromatic rings. The van der Waals surface area contributed by atoms with Gasteiger partial charge in [-0.15, -0.1) is 0 Å². The first-order valence-corrected chi connectivity index (χ1v) is 7.35. The molecule has 2 heterocycles. The van der Waals surface area contributed by atoms with E-state index in [0.29, 0.717) is 11.4 Å². The largest absolute Gasteiger partial charge is 0.497 e. The van der Waals surface area contributed by atoms with Crippen molar-refractivity contribution in [2.75, 3.05) is 19.4 Å². The Hall–Kier alpha value is -2.56. The molecule has 5 nitrogen and oxygen atoms in total. The summed E-state index contributed by atoms with van der Waals surface area (Å²) in [5.74, 6) is 0.757. The van der Waals surface area contributed by atoms with Crippen LogP contribution in [0.2, 0.25) is 0 Å². The van der Waals surface area contributed by atoms with Crippen LogP contribution in [0.1, 0.15) is 34.9 Å². The second kappa shape index (κ2) is 6.05. The number of likely N-dealkylation sites (tertiary alicyclic amines) is 1. The minimum atomic E-state index is -0.0506. The molecule has 1 aromatic carbocycles. The summed E-state index contributed by atoms with van der Waals surface area (Å²) in [6.07, 6.45) is 3.46. The van der Waals surface area contributed by atoms with E-state index < -0.39 is 0 Å². The highest BCUT2D eigenvalue weighted by Gasteiger charge is 2.31. The van der Waals surface area contributed by atoms with Gasteiger partial charge in [0, 0.05) is 6.54 Å². The Morgan fingerprint density at radius 1 is 1.36 bits per heavy atom. The highest BCUT2D eigenvalue weighted by molar-refractivity contribution is 5.93. The fourth-order valence-electron chi connectivity index (χ4n) is 2.88. The van der Waals surface area contributed by atoms with Crippen LogP contribution in [0.15, 0.2) is 42.6 Å². The number of anilines is 1. The number of rotatable bonds is 3. The zero-order valence-corrected chi connectivity index (χ0v) is 12.5. The third-order valence-electron chi connectivity index (χ3n) is 4.00. The molecule has 1 unspecified atom stereocenters. The molecule has 1 saturated heterocycles. The molecule has 0 aliphatic carbocycles. The summed E-state index contributed by atoms with van der Waals surface area (Å²) in [6.45, 7) is 0.743. The summed E-state index contributed by atoms with van der Waals surface area (Å²) in [5, 5.41) is 0. The quantitative estimate of drug-likeness (QED) is 0.945. The van der Waals surface area contributed by atoms with Crippen LogP contribution in [0.3, 0.4) is 0 Å². The van der Waals surface area contributed by atoms with Crippen molar-refractivity contribution < 1.29 is 9.53 Å². The number of benzene rings is 1. The van der Waals surface area contributed by atoms with Gasteiger partial charge < -0.3 is 15.4 Å². The maximum absolute atomic E-state index is 12.7. The maximum atomic E-state index is 12.7. The fourth-order valence-corrected chi connectivity index (χ4v) is 2.88. The number of hydrogen-bond acceptors (Lipinski definition) is 4. The molecule has 22 heavy (non-hydrogen) atoms. The molecule has 0 radical (unpaired) electrons. The SMILES string of the molecule is COc1cccc(C2CCCN2C(=O)c2ccc(N)cn2)c1. The van der Waals surface area contributed by atoms with E-state index in [1.54, 1.807) is 19.2 Å². The molecule has 1 atom stereocenters. The monoisotopic (exact) mass is 297 g/mol. The van der Waals surface area contributed by atoms with Crippen molar-refractivity contribution in [1.82, 2.24) is 9.88 Å². The van der Waals surface area contributed by atoms with Crippen molar-refractivity contribution in [3.63, 3.8) is 0 Å². The number of methoxy groups -OCH3 is 1. The zero-order chi connectivity index (χ0) is 15.5. The lowest BCUT2D eigenvalue weighted by Crippen LogP contribution is -2.31. The number of nitrogens with zero attached hydrogens (tertiary/aromatic N) is 2. The van der Waals surface area contributed by atoms with Crippen LogP contribution in [-0.2, 0) is 0 Å². The summed E-state index contributed by atoms with van der Waals surface area (Å²) < 4.78 is 5.28. The average molecular weight is 297 g/mol. The number of nitrogen functional groups attached to an aromatic ring is 1. The highest BCUT2D eigenvalue weighted by Crippen LogP contribution is 2.34. The lowest BCUT2D eigenvalue weighted by molar-refractivity contribution is 0.0729. The van der Waals surface area contributed by atoms with Crippen molar-refractivity contribution in [2.24, 2.45) is 0 Å². The Bertz CT molecular complexity index is 670. The molecule has 5 heteroatoms. The van der Waals surface area contributed by atoms with Gasteiger partial charge >= 0.3 is 0 Å². The van der Waals surface area contributed by atoms with Crippen molar-refractivity contribution in [3.8, 4) is 5.75 Å². The van der Waals surface area contributed by atoms with Crippen LogP contribution in [-0.4, -0.2) is 29.4 Å². The summed E-state index contributed by atoms with van der Waals surface area (Å²) in [5.41, 5.74) is 7.72. The van der Waals surface area contributed by atoms with Gasteiger partial charge in [0.05, 0.1) is 25.0 Å². The summed E-state index contributed by atoms with van der Waals surface area (Å²) in [6, 6.07) is 11.3. The number of ether oxygens (including phenoxy) is 1. The molecule has 1 amide bonds. The van der Waals surface area contributed by atoms with Gasteiger partial charge in [-0.1, -0.05) is 12.1 Å². The number of carbonyl (C=O) groups excluding carboxylic acids is 1. The first-order valence-electron chi connectivity index (χ1n) is 7.35. The van der Waals surface area contributed by atoms with Gasteiger partial charge in [-0.25, -0.2) is 4.98 Å². The van der Waals surface area contributed by atoms with E-state index in [9.17, 15) is 4.79 Å². The number of nitrogens with two attached hydrogens (primary N) is 1. The molecular weight excluding hydrogens is 278 g/mol. The molecule has 0 spiro atoms. The van der Waals surface area contributed by atoms with E-state index in [1.165, 1.54) is 6.20 Å². The van der Waals surface area contributed by atoms with E-state index in [1.807, 2.05) is 29.2 Å². The smallest absolute Gasteiger partial charge is 0.272 e. The minimum absolute atomic E-state index is 0.0506. The standard InChI is InChI=1S/C17H19N3O2/c1-22-14-5-2-4-12(10-14)16-6-3-9-20(16)17(21)15-8-7-13(18)11-19-15/h2,4-5,7-8,10-11,16H,3,6,9,18H2,1H3. The van der Waals surface area contributed by atoms with Crippen LogP contribution < -0.4 is 10.5 Å². The first-order chi connectivity index (χ1) is 10.7. The molecule has 1 fully saturated rings. The lowest BCUT2D eigenvalue weighted by atomic mass is 10.0. The van der Waals surface area contributed by atoms with Gasteiger partial charge in [0.15, 0.2) is 0 Å². The predicted octanol–water partition coefficient (Wildman–Crippen LogP) is 2.65. The Kier molecular flexibility index (Phi) is 3.96. The molecule has 114 valence electrons. The van der Waals surface area contributed by atoms with Crippen LogP contribution in [0.25, 0.3) is 0 Å². The van der Waals surface area contributed by atoms with E-state index in [0.717, 1.165) is 30.7 Å². The number of pyridine rings is 1. The summed E-state index contributed by atoms with van der Waals surface area (Å²) >= 11 is 0. The van der Waals surface area contributed by atoms with Crippen LogP contribution >= 0.6 is 0 Å². The number of carbonyl (C=O) groups is 1. The number of aromatic nitrogens is 1.